The molecule has 0 amide bonds. The highest BCUT2D eigenvalue weighted by molar-refractivity contribution is 9.10. The minimum atomic E-state index is -0.381. The van der Waals surface area contributed by atoms with Gasteiger partial charge in [0.2, 0.25) is 0 Å². The molecule has 106 valence electrons. The Balaban J connectivity index is 2.28. The second-order valence-corrected chi connectivity index (χ2v) is 6.08. The Hall–Kier alpha value is -0.900. The molecule has 0 heterocycles. The van der Waals surface area contributed by atoms with E-state index in [1.165, 1.54) is 17.2 Å². The lowest BCUT2D eigenvalue weighted by Crippen LogP contribution is -2.19. The first-order chi connectivity index (χ1) is 9.51. The maximum atomic E-state index is 13.2. The van der Waals surface area contributed by atoms with Gasteiger partial charge >= 0.3 is 0 Å². The van der Waals surface area contributed by atoms with Gasteiger partial charge in [-0.25, -0.2) is 4.39 Å². The highest BCUT2D eigenvalue weighted by Crippen LogP contribution is 2.28. The molecule has 0 radical (unpaired) electrons. The van der Waals surface area contributed by atoms with Gasteiger partial charge in [-0.1, -0.05) is 51.3 Å². The fraction of sp³-hybridized carbons (Fsp3) is 0.250. The predicted octanol–water partition coefficient (Wildman–Crippen LogP) is 5.05. The molecule has 0 fully saturated rings. The summed E-state index contributed by atoms with van der Waals surface area (Å²) in [5.74, 6) is -0.381. The first kappa shape index (κ1) is 15.5. The molecule has 2 rings (SSSR count). The van der Waals surface area contributed by atoms with Gasteiger partial charge in [0, 0.05) is 10.5 Å². The number of hydrogen-bond donors (Lipinski definition) is 1. The Labute approximate surface area is 132 Å². The molecular weight excluding hydrogens is 341 g/mol. The molecule has 1 N–H and O–H groups in total. The van der Waals surface area contributed by atoms with Gasteiger partial charge in [-0.2, -0.15) is 0 Å². The minimum Gasteiger partial charge on any atom is -0.313 e. The summed E-state index contributed by atoms with van der Waals surface area (Å²) in [7, 11) is 1.92. The second kappa shape index (κ2) is 6.70. The first-order valence-corrected chi connectivity index (χ1v) is 7.55. The number of benzene rings is 2. The van der Waals surface area contributed by atoms with E-state index in [1.54, 1.807) is 12.1 Å². The normalized spacial score (nSPS) is 12.4. The van der Waals surface area contributed by atoms with E-state index in [4.69, 9.17) is 11.6 Å². The van der Waals surface area contributed by atoms with Crippen molar-refractivity contribution in [3.63, 3.8) is 0 Å². The average molecular weight is 357 g/mol. The zero-order valence-corrected chi connectivity index (χ0v) is 13.7. The molecular formula is C16H16BrClFN. The van der Waals surface area contributed by atoms with Crippen molar-refractivity contribution in [1.82, 2.24) is 5.32 Å². The lowest BCUT2D eigenvalue weighted by molar-refractivity contribution is 0.586. The quantitative estimate of drug-likeness (QED) is 0.808. The van der Waals surface area contributed by atoms with Crippen LogP contribution in [0.15, 0.2) is 40.9 Å². The van der Waals surface area contributed by atoms with Crippen molar-refractivity contribution in [2.24, 2.45) is 0 Å². The minimum absolute atomic E-state index is 0.144. The van der Waals surface area contributed by atoms with Crippen molar-refractivity contribution < 1.29 is 4.39 Å². The summed E-state index contributed by atoms with van der Waals surface area (Å²) in [6, 6.07) is 11.3. The average Bonchev–Trinajstić information content (AvgIpc) is 2.43. The zero-order valence-electron chi connectivity index (χ0n) is 11.4. The summed E-state index contributed by atoms with van der Waals surface area (Å²) in [6.45, 7) is 2.07. The smallest absolute Gasteiger partial charge is 0.141 e. The van der Waals surface area contributed by atoms with Crippen LogP contribution in [-0.4, -0.2) is 7.05 Å². The number of halogens is 3. The molecule has 0 spiro atoms. The van der Waals surface area contributed by atoms with Gasteiger partial charge in [-0.05, 0) is 49.7 Å². The molecule has 20 heavy (non-hydrogen) atoms. The van der Waals surface area contributed by atoms with Crippen LogP contribution < -0.4 is 5.32 Å². The Morgan fingerprint density at radius 3 is 2.65 bits per heavy atom. The molecule has 1 unspecified atom stereocenters. The van der Waals surface area contributed by atoms with Crippen LogP contribution in [0, 0.1) is 12.7 Å². The van der Waals surface area contributed by atoms with Gasteiger partial charge in [0.05, 0.1) is 5.02 Å². The topological polar surface area (TPSA) is 12.0 Å². The van der Waals surface area contributed by atoms with Crippen LogP contribution in [-0.2, 0) is 6.42 Å². The largest absolute Gasteiger partial charge is 0.313 e. The van der Waals surface area contributed by atoms with Crippen LogP contribution in [0.1, 0.15) is 22.7 Å². The third-order valence-electron chi connectivity index (χ3n) is 3.30. The lowest BCUT2D eigenvalue weighted by atomic mass is 9.97. The molecule has 0 saturated heterocycles. The number of likely N-dealkylation sites (N-methyl/N-ethyl adjacent to an activating group) is 1. The summed E-state index contributed by atoms with van der Waals surface area (Å²) in [5.41, 5.74) is 3.40. The van der Waals surface area contributed by atoms with Crippen LogP contribution in [0.2, 0.25) is 5.02 Å². The van der Waals surface area contributed by atoms with Crippen LogP contribution in [0.25, 0.3) is 0 Å². The predicted molar refractivity (Wildman–Crippen MR) is 85.8 cm³/mol. The Morgan fingerprint density at radius 1 is 1.25 bits per heavy atom. The zero-order chi connectivity index (χ0) is 14.7. The first-order valence-electron chi connectivity index (χ1n) is 6.38. The van der Waals surface area contributed by atoms with Gasteiger partial charge < -0.3 is 5.32 Å². The molecule has 1 atom stereocenters. The van der Waals surface area contributed by atoms with E-state index in [0.717, 1.165) is 16.5 Å². The van der Waals surface area contributed by atoms with Gasteiger partial charge in [0.15, 0.2) is 0 Å². The van der Waals surface area contributed by atoms with Crippen molar-refractivity contribution in [2.45, 2.75) is 19.4 Å². The fourth-order valence-electron chi connectivity index (χ4n) is 2.20. The molecule has 0 aliphatic heterocycles. The highest BCUT2D eigenvalue weighted by atomic mass is 79.9. The summed E-state index contributed by atoms with van der Waals surface area (Å²) >= 11 is 9.42. The molecule has 0 aliphatic carbocycles. The van der Waals surface area contributed by atoms with Gasteiger partial charge in [-0.3, -0.25) is 0 Å². The fourth-order valence-corrected chi connectivity index (χ4v) is 2.93. The monoisotopic (exact) mass is 355 g/mol. The number of rotatable bonds is 4. The van der Waals surface area contributed by atoms with Crippen LogP contribution in [0.5, 0.6) is 0 Å². The summed E-state index contributed by atoms with van der Waals surface area (Å²) in [5, 5.41) is 3.47. The second-order valence-electron chi connectivity index (χ2n) is 4.82. The van der Waals surface area contributed by atoms with Crippen molar-refractivity contribution in [3.05, 3.63) is 68.4 Å². The number of aryl methyl sites for hydroxylation is 1. The van der Waals surface area contributed by atoms with E-state index in [-0.39, 0.29) is 16.9 Å². The molecule has 2 aromatic rings. The van der Waals surface area contributed by atoms with E-state index in [2.05, 4.69) is 40.3 Å². The third-order valence-corrected chi connectivity index (χ3v) is 4.31. The molecule has 4 heteroatoms. The van der Waals surface area contributed by atoms with Crippen LogP contribution in [0.3, 0.4) is 0 Å². The van der Waals surface area contributed by atoms with E-state index < -0.39 is 0 Å². The van der Waals surface area contributed by atoms with E-state index >= 15 is 0 Å². The van der Waals surface area contributed by atoms with E-state index in [0.29, 0.717) is 0 Å². The summed E-state index contributed by atoms with van der Waals surface area (Å²) < 4.78 is 14.3. The number of hydrogen-bond acceptors (Lipinski definition) is 1. The molecule has 0 bridgehead atoms. The molecule has 0 aromatic heterocycles. The number of nitrogens with one attached hydrogen (secondary N) is 1. The highest BCUT2D eigenvalue weighted by Gasteiger charge is 2.14. The van der Waals surface area contributed by atoms with Crippen molar-refractivity contribution in [1.29, 1.82) is 0 Å². The maximum Gasteiger partial charge on any atom is 0.141 e. The Morgan fingerprint density at radius 2 is 2.00 bits per heavy atom. The van der Waals surface area contributed by atoms with E-state index in [9.17, 15) is 4.39 Å². The summed E-state index contributed by atoms with van der Waals surface area (Å²) in [6.07, 6.45) is 0.749. The van der Waals surface area contributed by atoms with Crippen molar-refractivity contribution in [2.75, 3.05) is 7.05 Å². The Kier molecular flexibility index (Phi) is 5.19. The standard InChI is InChI=1S/C16H16BrClFN/c1-10-3-5-13(17)12(7-10)16(20-2)9-11-4-6-15(19)14(18)8-11/h3-8,16,20H,9H2,1-2H3. The van der Waals surface area contributed by atoms with Crippen LogP contribution in [0.4, 0.5) is 4.39 Å². The SMILES string of the molecule is CNC(Cc1ccc(F)c(Cl)c1)c1cc(C)ccc1Br. The maximum absolute atomic E-state index is 13.2. The van der Waals surface area contributed by atoms with E-state index in [1.807, 2.05) is 13.1 Å². The van der Waals surface area contributed by atoms with Gasteiger partial charge in [0.25, 0.3) is 0 Å². The molecule has 0 saturated carbocycles. The lowest BCUT2D eigenvalue weighted by Gasteiger charge is -2.19. The third kappa shape index (κ3) is 3.60. The molecule has 1 nitrogen and oxygen atoms in total. The van der Waals surface area contributed by atoms with Gasteiger partial charge in [-0.15, -0.1) is 0 Å². The molecule has 2 aromatic carbocycles. The molecule has 0 aliphatic rings. The summed E-state index contributed by atoms with van der Waals surface area (Å²) in [4.78, 5) is 0. The van der Waals surface area contributed by atoms with Crippen molar-refractivity contribution in [3.8, 4) is 0 Å². The van der Waals surface area contributed by atoms with Crippen molar-refractivity contribution >= 4 is 27.5 Å². The van der Waals surface area contributed by atoms with Gasteiger partial charge in [0.1, 0.15) is 5.82 Å². The Bertz CT molecular complexity index is 615. The van der Waals surface area contributed by atoms with Crippen LogP contribution >= 0.6 is 27.5 Å².